The van der Waals surface area contributed by atoms with Gasteiger partial charge in [0.2, 0.25) is 15.9 Å². The molecule has 1 atom stereocenters. The molecule has 1 N–H and O–H groups in total. The Kier molecular flexibility index (Phi) is 6.39. The van der Waals surface area contributed by atoms with Crippen molar-refractivity contribution in [3.05, 3.63) is 54.1 Å². The van der Waals surface area contributed by atoms with Crippen molar-refractivity contribution in [3.63, 3.8) is 0 Å². The molecular formula is C19H24N2O4S. The zero-order valence-corrected chi connectivity index (χ0v) is 16.2. The first kappa shape index (κ1) is 19.9. The Balaban J connectivity index is 2.36. The smallest absolute Gasteiger partial charge is 0.242 e. The third kappa shape index (κ3) is 4.23. The van der Waals surface area contributed by atoms with E-state index in [1.807, 2.05) is 37.3 Å². The third-order valence-electron chi connectivity index (χ3n) is 4.13. The van der Waals surface area contributed by atoms with Crippen LogP contribution in [0.4, 0.5) is 5.69 Å². The van der Waals surface area contributed by atoms with E-state index in [2.05, 4.69) is 5.32 Å². The van der Waals surface area contributed by atoms with Gasteiger partial charge in [0.25, 0.3) is 0 Å². The number of amides is 1. The first-order valence-electron chi connectivity index (χ1n) is 8.27. The number of hydrogen-bond acceptors (Lipinski definition) is 4. The predicted octanol–water partition coefficient (Wildman–Crippen LogP) is 3.08. The molecule has 0 aliphatic carbocycles. The van der Waals surface area contributed by atoms with Crippen LogP contribution in [0.1, 0.15) is 24.8 Å². The highest BCUT2D eigenvalue weighted by Gasteiger charge is 2.23. The molecule has 0 heterocycles. The van der Waals surface area contributed by atoms with Gasteiger partial charge in [-0.3, -0.25) is 4.79 Å². The van der Waals surface area contributed by atoms with Crippen LogP contribution in [-0.2, 0) is 14.8 Å². The number of benzene rings is 2. The summed E-state index contributed by atoms with van der Waals surface area (Å²) in [6.07, 6.45) is 0.619. The molecule has 0 aliphatic heterocycles. The van der Waals surface area contributed by atoms with E-state index in [9.17, 15) is 13.2 Å². The molecule has 0 saturated heterocycles. The molecule has 1 unspecified atom stereocenters. The van der Waals surface area contributed by atoms with Gasteiger partial charge in [-0.1, -0.05) is 37.3 Å². The Bertz CT molecular complexity index is 864. The topological polar surface area (TPSA) is 75.7 Å². The molecule has 140 valence electrons. The maximum atomic E-state index is 12.8. The number of anilines is 1. The molecule has 0 radical (unpaired) electrons. The van der Waals surface area contributed by atoms with Gasteiger partial charge in [0.05, 0.1) is 23.6 Å². The zero-order chi connectivity index (χ0) is 19.3. The maximum Gasteiger partial charge on any atom is 0.242 e. The van der Waals surface area contributed by atoms with Gasteiger partial charge in [-0.25, -0.2) is 12.7 Å². The SMILES string of the molecule is CCC(C(=O)Nc1cc(S(=O)(=O)N(C)C)ccc1OC)c1ccccc1. The molecular weight excluding hydrogens is 352 g/mol. The molecule has 1 amide bonds. The summed E-state index contributed by atoms with van der Waals surface area (Å²) >= 11 is 0. The van der Waals surface area contributed by atoms with E-state index in [0.29, 0.717) is 17.9 Å². The molecule has 0 bridgehead atoms. The fourth-order valence-electron chi connectivity index (χ4n) is 2.63. The number of nitrogens with zero attached hydrogens (tertiary/aromatic N) is 1. The maximum absolute atomic E-state index is 12.8. The minimum atomic E-state index is -3.61. The molecule has 2 rings (SSSR count). The fourth-order valence-corrected chi connectivity index (χ4v) is 3.56. The molecule has 7 heteroatoms. The second kappa shape index (κ2) is 8.33. The van der Waals surface area contributed by atoms with Crippen molar-refractivity contribution in [3.8, 4) is 5.75 Å². The van der Waals surface area contributed by atoms with Gasteiger partial charge in [0.1, 0.15) is 5.75 Å². The highest BCUT2D eigenvalue weighted by atomic mass is 32.2. The van der Waals surface area contributed by atoms with Crippen molar-refractivity contribution < 1.29 is 17.9 Å². The van der Waals surface area contributed by atoms with Crippen molar-refractivity contribution in [1.82, 2.24) is 4.31 Å². The Morgan fingerprint density at radius 2 is 1.81 bits per heavy atom. The van der Waals surface area contributed by atoms with Crippen LogP contribution in [0, 0.1) is 0 Å². The van der Waals surface area contributed by atoms with Crippen molar-refractivity contribution in [2.45, 2.75) is 24.2 Å². The quantitative estimate of drug-likeness (QED) is 0.806. The number of methoxy groups -OCH3 is 1. The monoisotopic (exact) mass is 376 g/mol. The molecule has 0 spiro atoms. The number of sulfonamides is 1. The van der Waals surface area contributed by atoms with Gasteiger partial charge >= 0.3 is 0 Å². The Hall–Kier alpha value is -2.38. The van der Waals surface area contributed by atoms with Gasteiger partial charge < -0.3 is 10.1 Å². The van der Waals surface area contributed by atoms with Gasteiger partial charge in [0, 0.05) is 14.1 Å². The normalized spacial score (nSPS) is 12.7. The van der Waals surface area contributed by atoms with E-state index in [1.54, 1.807) is 0 Å². The second-order valence-electron chi connectivity index (χ2n) is 6.01. The largest absolute Gasteiger partial charge is 0.495 e. The minimum Gasteiger partial charge on any atom is -0.495 e. The van der Waals surface area contributed by atoms with E-state index >= 15 is 0 Å². The highest BCUT2D eigenvalue weighted by molar-refractivity contribution is 7.89. The predicted molar refractivity (Wildman–Crippen MR) is 102 cm³/mol. The summed E-state index contributed by atoms with van der Waals surface area (Å²) < 4.78 is 31.1. The summed E-state index contributed by atoms with van der Waals surface area (Å²) in [4.78, 5) is 12.9. The molecule has 0 aliphatic rings. The summed E-state index contributed by atoms with van der Waals surface area (Å²) in [6, 6.07) is 13.9. The van der Waals surface area contributed by atoms with Crippen LogP contribution in [-0.4, -0.2) is 39.8 Å². The molecule has 0 saturated carbocycles. The van der Waals surface area contributed by atoms with E-state index in [1.165, 1.54) is 39.4 Å². The second-order valence-corrected chi connectivity index (χ2v) is 8.16. The molecule has 0 fully saturated rings. The number of rotatable bonds is 7. The lowest BCUT2D eigenvalue weighted by Crippen LogP contribution is -2.23. The third-order valence-corrected chi connectivity index (χ3v) is 5.95. The molecule has 0 aromatic heterocycles. The van der Waals surface area contributed by atoms with E-state index in [4.69, 9.17) is 4.74 Å². The minimum absolute atomic E-state index is 0.0892. The molecule has 6 nitrogen and oxygen atoms in total. The molecule has 2 aromatic carbocycles. The van der Waals surface area contributed by atoms with E-state index in [0.717, 1.165) is 9.87 Å². The lowest BCUT2D eigenvalue weighted by molar-refractivity contribution is -0.117. The number of ether oxygens (including phenoxy) is 1. The van der Waals surface area contributed by atoms with Crippen LogP contribution in [0.2, 0.25) is 0 Å². The van der Waals surface area contributed by atoms with Gasteiger partial charge in [-0.15, -0.1) is 0 Å². The summed E-state index contributed by atoms with van der Waals surface area (Å²) in [5.41, 5.74) is 1.23. The van der Waals surface area contributed by atoms with E-state index < -0.39 is 10.0 Å². The van der Waals surface area contributed by atoms with Crippen LogP contribution in [0.15, 0.2) is 53.4 Å². The molecule has 2 aromatic rings. The number of carbonyl (C=O) groups excluding carboxylic acids is 1. The van der Waals surface area contributed by atoms with Crippen LogP contribution in [0.25, 0.3) is 0 Å². The summed E-state index contributed by atoms with van der Waals surface area (Å²) in [7, 11) is 0.778. The Morgan fingerprint density at radius 1 is 1.15 bits per heavy atom. The standard InChI is InChI=1S/C19H24N2O4S/c1-5-16(14-9-7-6-8-10-14)19(22)20-17-13-15(11-12-18(17)25-4)26(23,24)21(2)3/h6-13,16H,5H2,1-4H3,(H,20,22). The van der Waals surface area contributed by atoms with Crippen molar-refractivity contribution in [1.29, 1.82) is 0 Å². The van der Waals surface area contributed by atoms with Crippen LogP contribution < -0.4 is 10.1 Å². The van der Waals surface area contributed by atoms with Gasteiger partial charge in [-0.05, 0) is 30.2 Å². The van der Waals surface area contributed by atoms with Crippen LogP contribution in [0.5, 0.6) is 5.75 Å². The van der Waals surface area contributed by atoms with Crippen LogP contribution in [0.3, 0.4) is 0 Å². The fraction of sp³-hybridized carbons (Fsp3) is 0.316. The lowest BCUT2D eigenvalue weighted by atomic mass is 9.95. The highest BCUT2D eigenvalue weighted by Crippen LogP contribution is 2.30. The first-order valence-corrected chi connectivity index (χ1v) is 9.71. The first-order chi connectivity index (χ1) is 12.3. The number of carbonyl (C=O) groups is 1. The number of hydrogen-bond donors (Lipinski definition) is 1. The van der Waals surface area contributed by atoms with Gasteiger partial charge in [0.15, 0.2) is 0 Å². The van der Waals surface area contributed by atoms with E-state index in [-0.39, 0.29) is 16.7 Å². The van der Waals surface area contributed by atoms with Crippen molar-refractivity contribution >= 4 is 21.6 Å². The summed E-state index contributed by atoms with van der Waals surface area (Å²) in [5, 5.41) is 2.82. The zero-order valence-electron chi connectivity index (χ0n) is 15.4. The van der Waals surface area contributed by atoms with Crippen molar-refractivity contribution in [2.24, 2.45) is 0 Å². The number of nitrogens with one attached hydrogen (secondary N) is 1. The average Bonchev–Trinajstić information content (AvgIpc) is 2.63. The van der Waals surface area contributed by atoms with Crippen molar-refractivity contribution in [2.75, 3.05) is 26.5 Å². The average molecular weight is 376 g/mol. The molecule has 26 heavy (non-hydrogen) atoms. The van der Waals surface area contributed by atoms with Gasteiger partial charge in [-0.2, -0.15) is 0 Å². The Morgan fingerprint density at radius 3 is 2.35 bits per heavy atom. The lowest BCUT2D eigenvalue weighted by Gasteiger charge is -2.18. The van der Waals surface area contributed by atoms with Crippen LogP contribution >= 0.6 is 0 Å². The Labute approximate surface area is 154 Å². The summed E-state index contributed by atoms with van der Waals surface area (Å²) in [5.74, 6) is -0.148. The summed E-state index contributed by atoms with van der Waals surface area (Å²) in [6.45, 7) is 1.93.